The molecule has 0 radical (unpaired) electrons. The number of halogens is 1. The molecule has 2 aromatic rings. The Labute approximate surface area is 157 Å². The molecule has 0 aliphatic carbocycles. The van der Waals surface area contributed by atoms with E-state index in [1.165, 1.54) is 0 Å². The van der Waals surface area contributed by atoms with Crippen LogP contribution in [0.25, 0.3) is 0 Å². The number of thioether (sulfide) groups is 1. The van der Waals surface area contributed by atoms with Gasteiger partial charge in [0.2, 0.25) is 0 Å². The molecule has 1 amide bonds. The number of hydrogen-bond donors (Lipinski definition) is 2. The molecule has 6 heteroatoms. The summed E-state index contributed by atoms with van der Waals surface area (Å²) in [6.45, 7) is 3.79. The van der Waals surface area contributed by atoms with Crippen molar-refractivity contribution in [2.75, 3.05) is 12.9 Å². The Bertz CT molecular complexity index is 721. The molecule has 0 heterocycles. The highest BCUT2D eigenvalue weighted by Crippen LogP contribution is 2.26. The topological polar surface area (TPSA) is 58.6 Å². The average molecular weight is 380 g/mol. The standard InChI is InChI=1S/C19H22ClNO3S/c1-4-25-17-10-7-14(20)11-16(17)19(23)21-12(2)18(22)13-5-8-15(24-3)9-6-13/h5-12,18,22H,4H2,1-3H3,(H,21,23)/t12-,18+/m1/s1. The highest BCUT2D eigenvalue weighted by atomic mass is 35.5. The van der Waals surface area contributed by atoms with E-state index in [9.17, 15) is 9.90 Å². The first-order valence-corrected chi connectivity index (χ1v) is 9.37. The van der Waals surface area contributed by atoms with Crippen LogP contribution in [-0.4, -0.2) is 29.9 Å². The van der Waals surface area contributed by atoms with Crippen LogP contribution < -0.4 is 10.1 Å². The molecular formula is C19H22ClNO3S. The van der Waals surface area contributed by atoms with Crippen molar-refractivity contribution in [2.45, 2.75) is 30.9 Å². The number of rotatable bonds is 7. The summed E-state index contributed by atoms with van der Waals surface area (Å²) in [4.78, 5) is 13.5. The van der Waals surface area contributed by atoms with Gasteiger partial charge in [0.1, 0.15) is 5.75 Å². The third-order valence-electron chi connectivity index (χ3n) is 3.78. The lowest BCUT2D eigenvalue weighted by Crippen LogP contribution is -2.37. The van der Waals surface area contributed by atoms with Crippen molar-refractivity contribution in [3.63, 3.8) is 0 Å². The second kappa shape index (κ2) is 9.13. The summed E-state index contributed by atoms with van der Waals surface area (Å²) in [5.41, 5.74) is 1.23. The van der Waals surface area contributed by atoms with Crippen LogP contribution in [0.15, 0.2) is 47.4 Å². The molecular weight excluding hydrogens is 358 g/mol. The normalized spacial score (nSPS) is 13.2. The molecule has 0 unspecified atom stereocenters. The average Bonchev–Trinajstić information content (AvgIpc) is 2.62. The SMILES string of the molecule is CCSc1ccc(Cl)cc1C(=O)N[C@H](C)[C@H](O)c1ccc(OC)cc1. The van der Waals surface area contributed by atoms with Crippen LogP contribution in [0.3, 0.4) is 0 Å². The quantitative estimate of drug-likeness (QED) is 0.703. The van der Waals surface area contributed by atoms with Gasteiger partial charge in [-0.3, -0.25) is 4.79 Å². The van der Waals surface area contributed by atoms with E-state index in [0.717, 1.165) is 10.6 Å². The molecule has 2 rings (SSSR count). The molecule has 0 aliphatic heterocycles. The van der Waals surface area contributed by atoms with Gasteiger partial charge in [-0.2, -0.15) is 0 Å². The fourth-order valence-corrected chi connectivity index (χ4v) is 3.37. The van der Waals surface area contributed by atoms with Crippen LogP contribution in [-0.2, 0) is 0 Å². The number of benzene rings is 2. The van der Waals surface area contributed by atoms with Gasteiger partial charge in [-0.1, -0.05) is 30.7 Å². The lowest BCUT2D eigenvalue weighted by Gasteiger charge is -2.21. The van der Waals surface area contributed by atoms with Gasteiger partial charge in [-0.15, -0.1) is 11.8 Å². The lowest BCUT2D eigenvalue weighted by atomic mass is 10.0. The Balaban J connectivity index is 2.12. The van der Waals surface area contributed by atoms with Gasteiger partial charge in [-0.25, -0.2) is 0 Å². The van der Waals surface area contributed by atoms with Gasteiger partial charge in [0.15, 0.2) is 0 Å². The highest BCUT2D eigenvalue weighted by Gasteiger charge is 2.21. The van der Waals surface area contributed by atoms with Gasteiger partial charge in [-0.05, 0) is 48.6 Å². The van der Waals surface area contributed by atoms with E-state index in [2.05, 4.69) is 5.32 Å². The van der Waals surface area contributed by atoms with Crippen molar-refractivity contribution >= 4 is 29.3 Å². The summed E-state index contributed by atoms with van der Waals surface area (Å²) in [6.07, 6.45) is -0.823. The van der Waals surface area contributed by atoms with Crippen LogP contribution in [0.1, 0.15) is 35.9 Å². The van der Waals surface area contributed by atoms with E-state index in [0.29, 0.717) is 21.9 Å². The molecule has 0 aliphatic rings. The van der Waals surface area contributed by atoms with E-state index >= 15 is 0 Å². The smallest absolute Gasteiger partial charge is 0.252 e. The second-order valence-electron chi connectivity index (χ2n) is 5.55. The Morgan fingerprint density at radius 3 is 2.56 bits per heavy atom. The van der Waals surface area contributed by atoms with Gasteiger partial charge in [0, 0.05) is 9.92 Å². The van der Waals surface area contributed by atoms with Crippen molar-refractivity contribution < 1.29 is 14.6 Å². The predicted octanol–water partition coefficient (Wildman–Crippen LogP) is 4.31. The molecule has 25 heavy (non-hydrogen) atoms. The van der Waals surface area contributed by atoms with Crippen LogP contribution in [0, 0.1) is 0 Å². The molecule has 0 saturated heterocycles. The van der Waals surface area contributed by atoms with Crippen molar-refractivity contribution in [1.29, 1.82) is 0 Å². The predicted molar refractivity (Wildman–Crippen MR) is 103 cm³/mol. The Morgan fingerprint density at radius 1 is 1.28 bits per heavy atom. The number of ether oxygens (including phenoxy) is 1. The maximum absolute atomic E-state index is 12.6. The first-order chi connectivity index (χ1) is 12.0. The zero-order valence-corrected chi connectivity index (χ0v) is 16.0. The number of nitrogens with one attached hydrogen (secondary N) is 1. The maximum Gasteiger partial charge on any atom is 0.252 e. The van der Waals surface area contributed by atoms with Crippen LogP contribution in [0.5, 0.6) is 5.75 Å². The minimum atomic E-state index is -0.823. The fraction of sp³-hybridized carbons (Fsp3) is 0.316. The number of amides is 1. The zero-order chi connectivity index (χ0) is 18.4. The molecule has 2 aromatic carbocycles. The number of methoxy groups -OCH3 is 1. The largest absolute Gasteiger partial charge is 0.497 e. The lowest BCUT2D eigenvalue weighted by molar-refractivity contribution is 0.0849. The number of hydrogen-bond acceptors (Lipinski definition) is 4. The first kappa shape index (κ1) is 19.6. The highest BCUT2D eigenvalue weighted by molar-refractivity contribution is 7.99. The number of aliphatic hydroxyl groups excluding tert-OH is 1. The summed E-state index contributed by atoms with van der Waals surface area (Å²) in [5.74, 6) is 1.32. The monoisotopic (exact) mass is 379 g/mol. The van der Waals surface area contributed by atoms with Gasteiger partial charge < -0.3 is 15.2 Å². The summed E-state index contributed by atoms with van der Waals surface area (Å²) in [5, 5.41) is 13.9. The molecule has 0 spiro atoms. The summed E-state index contributed by atoms with van der Waals surface area (Å²) >= 11 is 7.61. The second-order valence-corrected chi connectivity index (χ2v) is 7.30. The van der Waals surface area contributed by atoms with E-state index in [1.54, 1.807) is 62.2 Å². The summed E-state index contributed by atoms with van der Waals surface area (Å²) in [7, 11) is 1.59. The van der Waals surface area contributed by atoms with Crippen molar-refractivity contribution in [2.24, 2.45) is 0 Å². The minimum absolute atomic E-state index is 0.251. The molecule has 2 atom stereocenters. The maximum atomic E-state index is 12.6. The number of carbonyl (C=O) groups is 1. The van der Waals surface area contributed by atoms with Gasteiger partial charge in [0.25, 0.3) is 5.91 Å². The number of aliphatic hydroxyl groups is 1. The molecule has 134 valence electrons. The Kier molecular flexibility index (Phi) is 7.17. The van der Waals surface area contributed by atoms with Crippen LogP contribution in [0.2, 0.25) is 5.02 Å². The van der Waals surface area contributed by atoms with Crippen molar-refractivity contribution in [1.82, 2.24) is 5.32 Å². The Morgan fingerprint density at radius 2 is 1.96 bits per heavy atom. The van der Waals surface area contributed by atoms with Crippen LogP contribution in [0.4, 0.5) is 0 Å². The van der Waals surface area contributed by atoms with E-state index in [-0.39, 0.29) is 5.91 Å². The van der Waals surface area contributed by atoms with E-state index < -0.39 is 12.1 Å². The molecule has 0 saturated carbocycles. The third kappa shape index (κ3) is 5.14. The van der Waals surface area contributed by atoms with Crippen molar-refractivity contribution in [3.8, 4) is 5.75 Å². The van der Waals surface area contributed by atoms with Crippen molar-refractivity contribution in [3.05, 3.63) is 58.6 Å². The zero-order valence-electron chi connectivity index (χ0n) is 14.5. The van der Waals surface area contributed by atoms with Crippen LogP contribution >= 0.6 is 23.4 Å². The van der Waals surface area contributed by atoms with Gasteiger partial charge >= 0.3 is 0 Å². The molecule has 2 N–H and O–H groups in total. The third-order valence-corrected chi connectivity index (χ3v) is 4.97. The fourth-order valence-electron chi connectivity index (χ4n) is 2.41. The van der Waals surface area contributed by atoms with E-state index in [1.807, 2.05) is 13.0 Å². The molecule has 0 aromatic heterocycles. The Hall–Kier alpha value is -1.69. The molecule has 0 bridgehead atoms. The molecule has 4 nitrogen and oxygen atoms in total. The van der Waals surface area contributed by atoms with Gasteiger partial charge in [0.05, 0.1) is 24.8 Å². The summed E-state index contributed by atoms with van der Waals surface area (Å²) < 4.78 is 5.11. The minimum Gasteiger partial charge on any atom is -0.497 e. The van der Waals surface area contributed by atoms with E-state index in [4.69, 9.17) is 16.3 Å². The summed E-state index contributed by atoms with van der Waals surface area (Å²) in [6, 6.07) is 11.9. The first-order valence-electron chi connectivity index (χ1n) is 8.01. The molecule has 0 fully saturated rings. The number of carbonyl (C=O) groups excluding carboxylic acids is 1.